The second-order valence-corrected chi connectivity index (χ2v) is 14.3. The number of nitriles is 1. The molecule has 9 aromatic rings. The molecule has 254 valence electrons. The first-order chi connectivity index (χ1) is 27.2. The summed E-state index contributed by atoms with van der Waals surface area (Å²) in [5, 5.41) is 12.6. The van der Waals surface area contributed by atoms with E-state index in [1.807, 2.05) is 66.7 Å². The molecule has 0 aliphatic heterocycles. The van der Waals surface area contributed by atoms with E-state index in [1.165, 1.54) is 49.7 Å². The van der Waals surface area contributed by atoms with Gasteiger partial charge in [0.05, 0.1) is 17.0 Å². The quantitative estimate of drug-likeness (QED) is 0.184. The Kier molecular flexibility index (Phi) is 6.80. The Bertz CT molecular complexity index is 2980. The molecule has 4 nitrogen and oxygen atoms in total. The van der Waals surface area contributed by atoms with Crippen LogP contribution in [0, 0.1) is 11.3 Å². The van der Waals surface area contributed by atoms with Crippen molar-refractivity contribution in [2.45, 2.75) is 5.41 Å². The van der Waals surface area contributed by atoms with Crippen molar-refractivity contribution < 1.29 is 0 Å². The van der Waals surface area contributed by atoms with Crippen molar-refractivity contribution in [3.05, 3.63) is 210 Å². The van der Waals surface area contributed by atoms with Gasteiger partial charge in [-0.15, -0.1) is 0 Å². The van der Waals surface area contributed by atoms with Gasteiger partial charge in [-0.1, -0.05) is 164 Å². The highest BCUT2D eigenvalue weighted by Crippen LogP contribution is 2.64. The fourth-order valence-electron chi connectivity index (χ4n) is 8.95. The topological polar surface area (TPSA) is 62.5 Å². The van der Waals surface area contributed by atoms with E-state index in [0.717, 1.165) is 33.4 Å². The third kappa shape index (κ3) is 4.60. The van der Waals surface area contributed by atoms with E-state index in [1.54, 1.807) is 0 Å². The molecule has 2 aliphatic carbocycles. The lowest BCUT2D eigenvalue weighted by atomic mass is 9.70. The van der Waals surface area contributed by atoms with Crippen LogP contribution in [-0.2, 0) is 5.41 Å². The largest absolute Gasteiger partial charge is 0.208 e. The second kappa shape index (κ2) is 12.0. The third-order valence-electron chi connectivity index (χ3n) is 11.4. The number of nitrogens with zero attached hydrogens (tertiary/aromatic N) is 4. The summed E-state index contributed by atoms with van der Waals surface area (Å²) in [7, 11) is 0. The molecule has 1 atom stereocenters. The van der Waals surface area contributed by atoms with Crippen LogP contribution in [0.4, 0.5) is 0 Å². The molecule has 11 rings (SSSR count). The Morgan fingerprint density at radius 2 is 0.927 bits per heavy atom. The van der Waals surface area contributed by atoms with Crippen LogP contribution in [0.2, 0.25) is 0 Å². The predicted molar refractivity (Wildman–Crippen MR) is 220 cm³/mol. The van der Waals surface area contributed by atoms with Crippen molar-refractivity contribution in [2.75, 3.05) is 0 Å². The molecule has 1 unspecified atom stereocenters. The molecular formula is C51H30N4. The molecule has 0 bridgehead atoms. The first-order valence-corrected chi connectivity index (χ1v) is 18.5. The number of rotatable bonds is 4. The molecule has 0 N–H and O–H groups in total. The molecule has 55 heavy (non-hydrogen) atoms. The molecule has 0 radical (unpaired) electrons. The molecule has 8 aromatic carbocycles. The Morgan fingerprint density at radius 1 is 0.382 bits per heavy atom. The molecule has 0 amide bonds. The van der Waals surface area contributed by atoms with Gasteiger partial charge >= 0.3 is 0 Å². The van der Waals surface area contributed by atoms with Crippen molar-refractivity contribution in [1.82, 2.24) is 15.0 Å². The number of benzene rings is 8. The van der Waals surface area contributed by atoms with E-state index in [4.69, 9.17) is 15.0 Å². The van der Waals surface area contributed by atoms with Gasteiger partial charge in [0.25, 0.3) is 0 Å². The first kappa shape index (κ1) is 31.1. The lowest BCUT2D eigenvalue weighted by Crippen LogP contribution is -2.26. The van der Waals surface area contributed by atoms with Crippen molar-refractivity contribution >= 4 is 10.8 Å². The van der Waals surface area contributed by atoms with Crippen molar-refractivity contribution in [2.24, 2.45) is 0 Å². The lowest BCUT2D eigenvalue weighted by Gasteiger charge is -2.31. The maximum Gasteiger partial charge on any atom is 0.164 e. The monoisotopic (exact) mass is 698 g/mol. The number of aromatic nitrogens is 3. The first-order valence-electron chi connectivity index (χ1n) is 18.5. The van der Waals surface area contributed by atoms with Gasteiger partial charge in [0.15, 0.2) is 17.5 Å². The number of hydrogen-bond acceptors (Lipinski definition) is 4. The molecule has 0 fully saturated rings. The zero-order valence-corrected chi connectivity index (χ0v) is 29.6. The summed E-state index contributed by atoms with van der Waals surface area (Å²) in [4.78, 5) is 14.8. The van der Waals surface area contributed by atoms with Crippen LogP contribution in [0.15, 0.2) is 182 Å². The summed E-state index contributed by atoms with van der Waals surface area (Å²) in [6.07, 6.45) is 0. The summed E-state index contributed by atoms with van der Waals surface area (Å²) in [5.41, 5.74) is 14.9. The van der Waals surface area contributed by atoms with Gasteiger partial charge in [0.1, 0.15) is 0 Å². The molecule has 2 aliphatic rings. The maximum absolute atomic E-state index is 10.1. The molecule has 1 heterocycles. The highest BCUT2D eigenvalue weighted by molar-refractivity contribution is 6.06. The van der Waals surface area contributed by atoms with Gasteiger partial charge < -0.3 is 0 Å². The molecule has 0 saturated heterocycles. The van der Waals surface area contributed by atoms with Crippen molar-refractivity contribution in [3.8, 4) is 73.6 Å². The van der Waals surface area contributed by atoms with Gasteiger partial charge in [0.2, 0.25) is 0 Å². The van der Waals surface area contributed by atoms with Crippen LogP contribution in [-0.4, -0.2) is 15.0 Å². The van der Waals surface area contributed by atoms with Gasteiger partial charge in [0, 0.05) is 16.7 Å². The minimum atomic E-state index is -0.573. The molecular weight excluding hydrogens is 669 g/mol. The Labute approximate surface area is 318 Å². The normalized spacial score (nSPS) is 14.6. The minimum absolute atomic E-state index is 0.573. The summed E-state index contributed by atoms with van der Waals surface area (Å²) in [5.74, 6) is 1.91. The zero-order valence-electron chi connectivity index (χ0n) is 29.6. The van der Waals surface area contributed by atoms with Gasteiger partial charge in [-0.2, -0.15) is 5.26 Å². The van der Waals surface area contributed by atoms with E-state index in [0.29, 0.717) is 23.0 Å². The lowest BCUT2D eigenvalue weighted by molar-refractivity contribution is 0.794. The Hall–Kier alpha value is -7.48. The fraction of sp³-hybridized carbons (Fsp3) is 0.0196. The summed E-state index contributed by atoms with van der Waals surface area (Å²) < 4.78 is 0. The smallest absolute Gasteiger partial charge is 0.164 e. The number of hydrogen-bond donors (Lipinski definition) is 0. The van der Waals surface area contributed by atoms with Crippen LogP contribution in [0.5, 0.6) is 0 Å². The molecule has 1 spiro atoms. The summed E-state index contributed by atoms with van der Waals surface area (Å²) >= 11 is 0. The Morgan fingerprint density at radius 3 is 1.62 bits per heavy atom. The Balaban J connectivity index is 1.08. The molecule has 1 aromatic heterocycles. The van der Waals surface area contributed by atoms with E-state index in [9.17, 15) is 5.26 Å². The average molecular weight is 699 g/mol. The van der Waals surface area contributed by atoms with Gasteiger partial charge in [-0.3, -0.25) is 0 Å². The van der Waals surface area contributed by atoms with Crippen LogP contribution >= 0.6 is 0 Å². The SMILES string of the molecule is N#Cc1ccc2c(c1)C1(c3cc(-c4ccc(-c5nc(-c6ccccc6)nc(-c6ccccc6)n5)cc4)ccc3-2)c2ccccc2-c2c1ccc1ccccc21. The van der Waals surface area contributed by atoms with Gasteiger partial charge in [-0.05, 0) is 84.6 Å². The standard InChI is InChI=1S/C51H30N4/c52-31-32-19-26-40-41-27-24-38(30-46(41)51(45(40)29-32)43-18-10-9-17-42(43)47-39-16-8-7-11-34(39)25-28-44(47)51)33-20-22-37(23-21-33)50-54-48(35-12-3-1-4-13-35)53-49(55-50)36-14-5-2-6-15-36/h1-30H. The van der Waals surface area contributed by atoms with E-state index in [-0.39, 0.29) is 0 Å². The summed E-state index contributed by atoms with van der Waals surface area (Å²) in [6.45, 7) is 0. The van der Waals surface area contributed by atoms with E-state index < -0.39 is 5.41 Å². The van der Waals surface area contributed by atoms with Gasteiger partial charge in [-0.25, -0.2) is 15.0 Å². The van der Waals surface area contributed by atoms with Crippen LogP contribution in [0.1, 0.15) is 27.8 Å². The fourth-order valence-corrected chi connectivity index (χ4v) is 8.95. The zero-order chi connectivity index (χ0) is 36.5. The average Bonchev–Trinajstić information content (AvgIpc) is 3.73. The van der Waals surface area contributed by atoms with E-state index >= 15 is 0 Å². The van der Waals surface area contributed by atoms with Crippen molar-refractivity contribution in [3.63, 3.8) is 0 Å². The predicted octanol–water partition coefficient (Wildman–Crippen LogP) is 11.9. The second-order valence-electron chi connectivity index (χ2n) is 14.3. The maximum atomic E-state index is 10.1. The molecule has 0 saturated carbocycles. The van der Waals surface area contributed by atoms with Crippen molar-refractivity contribution in [1.29, 1.82) is 5.26 Å². The van der Waals surface area contributed by atoms with Crippen LogP contribution in [0.25, 0.3) is 78.3 Å². The molecule has 4 heteroatoms. The highest BCUT2D eigenvalue weighted by Gasteiger charge is 2.52. The highest BCUT2D eigenvalue weighted by atomic mass is 15.0. The van der Waals surface area contributed by atoms with Crippen LogP contribution < -0.4 is 0 Å². The number of fused-ring (bicyclic) bond motifs is 12. The third-order valence-corrected chi connectivity index (χ3v) is 11.4. The minimum Gasteiger partial charge on any atom is -0.208 e. The summed E-state index contributed by atoms with van der Waals surface area (Å²) in [6, 6.07) is 66.2. The van der Waals surface area contributed by atoms with Crippen LogP contribution in [0.3, 0.4) is 0 Å². The van der Waals surface area contributed by atoms with E-state index in [2.05, 4.69) is 121 Å².